The molecule has 0 saturated carbocycles. The predicted octanol–water partition coefficient (Wildman–Crippen LogP) is -0.499. The first-order valence-electron chi connectivity index (χ1n) is 4.86. The average molecular weight is 263 g/mol. The van der Waals surface area contributed by atoms with Crippen LogP contribution in [0.5, 0.6) is 0 Å². The number of hydrogen-bond donors (Lipinski definition) is 2. The fraction of sp³-hybridized carbons (Fsp3) is 0.500. The van der Waals surface area contributed by atoms with Gasteiger partial charge in [-0.3, -0.25) is 4.79 Å². The second-order valence-corrected chi connectivity index (χ2v) is 3.47. The number of hydrogen-bond acceptors (Lipinski definition) is 5. The molecule has 100 valence electrons. The third-order valence-electron chi connectivity index (χ3n) is 1.96. The summed E-state index contributed by atoms with van der Waals surface area (Å²) in [5.74, 6) is -4.33. The van der Waals surface area contributed by atoms with Crippen LogP contribution in [0.1, 0.15) is 0 Å². The Labute approximate surface area is 99.9 Å². The smallest absolute Gasteiger partial charge is 0.358 e. The first-order chi connectivity index (χ1) is 8.34. The van der Waals surface area contributed by atoms with Gasteiger partial charge in [0.05, 0.1) is 30.5 Å². The van der Waals surface area contributed by atoms with Gasteiger partial charge in [0.2, 0.25) is 5.91 Å². The standard InChI is InChI=1S/C8H11F2N5O3/c9-8(10,4-11)5-12-7(16)3-14-2-1-6(13-14)15(17)18/h1-2H,3-5,11H2,(H,12,16). The Hall–Kier alpha value is -2.10. The third kappa shape index (κ3) is 4.05. The number of nitrogens with zero attached hydrogens (tertiary/aromatic N) is 3. The van der Waals surface area contributed by atoms with Gasteiger partial charge in [0.1, 0.15) is 6.54 Å². The topological polar surface area (TPSA) is 116 Å². The van der Waals surface area contributed by atoms with Gasteiger partial charge in [-0.25, -0.2) is 8.78 Å². The van der Waals surface area contributed by atoms with E-state index in [1.165, 1.54) is 6.20 Å². The molecular formula is C8H11F2N5O3. The molecule has 0 radical (unpaired) electrons. The van der Waals surface area contributed by atoms with E-state index in [4.69, 9.17) is 5.73 Å². The van der Waals surface area contributed by atoms with E-state index >= 15 is 0 Å². The normalized spacial score (nSPS) is 11.3. The molecule has 10 heteroatoms. The van der Waals surface area contributed by atoms with Crippen LogP contribution < -0.4 is 11.1 Å². The van der Waals surface area contributed by atoms with Crippen molar-refractivity contribution in [3.8, 4) is 0 Å². The lowest BCUT2D eigenvalue weighted by atomic mass is 10.3. The number of halogens is 2. The Morgan fingerprint density at radius 3 is 2.83 bits per heavy atom. The molecule has 0 aliphatic heterocycles. The maximum Gasteiger partial charge on any atom is 0.389 e. The monoisotopic (exact) mass is 263 g/mol. The molecule has 0 aliphatic rings. The molecule has 0 spiro atoms. The summed E-state index contributed by atoms with van der Waals surface area (Å²) in [6, 6.07) is 1.10. The molecule has 0 aromatic carbocycles. The van der Waals surface area contributed by atoms with Crippen molar-refractivity contribution < 1.29 is 18.5 Å². The number of amides is 1. The molecule has 1 amide bonds. The van der Waals surface area contributed by atoms with E-state index in [-0.39, 0.29) is 6.54 Å². The van der Waals surface area contributed by atoms with Gasteiger partial charge in [-0.05, 0) is 4.92 Å². The average Bonchev–Trinajstić information content (AvgIpc) is 2.75. The van der Waals surface area contributed by atoms with Gasteiger partial charge in [-0.2, -0.15) is 4.68 Å². The van der Waals surface area contributed by atoms with Gasteiger partial charge >= 0.3 is 5.82 Å². The van der Waals surface area contributed by atoms with Gasteiger partial charge in [0.15, 0.2) is 0 Å². The van der Waals surface area contributed by atoms with Crippen LogP contribution in [0.4, 0.5) is 14.6 Å². The number of carbonyl (C=O) groups is 1. The molecule has 0 aliphatic carbocycles. The number of nitrogens with two attached hydrogens (primary N) is 1. The van der Waals surface area contributed by atoms with Crippen molar-refractivity contribution in [2.45, 2.75) is 12.5 Å². The summed E-state index contributed by atoms with van der Waals surface area (Å²) in [5, 5.41) is 15.7. The van der Waals surface area contributed by atoms with Crippen LogP contribution in [0.2, 0.25) is 0 Å². The molecule has 8 nitrogen and oxygen atoms in total. The fourth-order valence-corrected chi connectivity index (χ4v) is 1.04. The van der Waals surface area contributed by atoms with Crippen molar-refractivity contribution in [2.24, 2.45) is 5.73 Å². The molecule has 3 N–H and O–H groups in total. The summed E-state index contributed by atoms with van der Waals surface area (Å²) in [5.41, 5.74) is 4.79. The van der Waals surface area contributed by atoms with Crippen molar-refractivity contribution in [2.75, 3.05) is 13.1 Å². The SMILES string of the molecule is NCC(F)(F)CNC(=O)Cn1ccc([N+](=O)[O-])n1. The second kappa shape index (κ2) is 5.49. The third-order valence-corrected chi connectivity index (χ3v) is 1.96. The molecule has 1 heterocycles. The predicted molar refractivity (Wildman–Crippen MR) is 55.9 cm³/mol. The second-order valence-electron chi connectivity index (χ2n) is 3.47. The van der Waals surface area contributed by atoms with Crippen LogP contribution in [0.25, 0.3) is 0 Å². The van der Waals surface area contributed by atoms with E-state index in [0.717, 1.165) is 10.7 Å². The highest BCUT2D eigenvalue weighted by molar-refractivity contribution is 5.75. The Morgan fingerprint density at radius 2 is 2.33 bits per heavy atom. The highest BCUT2D eigenvalue weighted by atomic mass is 19.3. The van der Waals surface area contributed by atoms with Crippen LogP contribution in [-0.2, 0) is 11.3 Å². The van der Waals surface area contributed by atoms with E-state index in [1.54, 1.807) is 0 Å². The summed E-state index contributed by atoms with van der Waals surface area (Å²) >= 11 is 0. The zero-order valence-electron chi connectivity index (χ0n) is 9.18. The van der Waals surface area contributed by atoms with E-state index in [2.05, 4.69) is 5.10 Å². The van der Waals surface area contributed by atoms with Crippen LogP contribution in [0, 0.1) is 10.1 Å². The fourth-order valence-electron chi connectivity index (χ4n) is 1.04. The van der Waals surface area contributed by atoms with Gasteiger partial charge in [-0.15, -0.1) is 0 Å². The molecule has 18 heavy (non-hydrogen) atoms. The maximum atomic E-state index is 12.7. The highest BCUT2D eigenvalue weighted by Gasteiger charge is 2.27. The summed E-state index contributed by atoms with van der Waals surface area (Å²) in [4.78, 5) is 20.8. The van der Waals surface area contributed by atoms with E-state index < -0.39 is 35.7 Å². The van der Waals surface area contributed by atoms with Crippen LogP contribution in [0.3, 0.4) is 0 Å². The first-order valence-corrected chi connectivity index (χ1v) is 4.86. The van der Waals surface area contributed by atoms with Gasteiger partial charge in [0.25, 0.3) is 5.92 Å². The number of nitrogens with one attached hydrogen (secondary N) is 1. The summed E-state index contributed by atoms with van der Waals surface area (Å²) in [6.45, 7) is -2.14. The molecule has 0 bridgehead atoms. The minimum absolute atomic E-state index is 0.380. The van der Waals surface area contributed by atoms with Crippen LogP contribution in [0.15, 0.2) is 12.3 Å². The molecule has 1 aromatic rings. The minimum Gasteiger partial charge on any atom is -0.358 e. The quantitative estimate of drug-likeness (QED) is 0.530. The number of carbonyl (C=O) groups excluding carboxylic acids is 1. The minimum atomic E-state index is -3.17. The Balaban J connectivity index is 2.47. The summed E-state index contributed by atoms with van der Waals surface area (Å²) < 4.78 is 26.4. The number of nitro groups is 1. The Kier molecular flexibility index (Phi) is 4.26. The molecule has 0 fully saturated rings. The van der Waals surface area contributed by atoms with Crippen molar-refractivity contribution in [3.63, 3.8) is 0 Å². The summed E-state index contributed by atoms with van der Waals surface area (Å²) in [7, 11) is 0. The van der Waals surface area contributed by atoms with Crippen LogP contribution in [-0.4, -0.2) is 39.6 Å². The maximum absolute atomic E-state index is 12.7. The Bertz CT molecular complexity index is 448. The largest absolute Gasteiger partial charge is 0.389 e. The van der Waals surface area contributed by atoms with Gasteiger partial charge in [0, 0.05) is 0 Å². The van der Waals surface area contributed by atoms with Crippen molar-refractivity contribution in [1.29, 1.82) is 0 Å². The lowest BCUT2D eigenvalue weighted by molar-refractivity contribution is -0.389. The van der Waals surface area contributed by atoms with Crippen LogP contribution >= 0.6 is 0 Å². The van der Waals surface area contributed by atoms with E-state index in [1.807, 2.05) is 5.32 Å². The number of rotatable bonds is 6. The van der Waals surface area contributed by atoms with Crippen molar-refractivity contribution in [3.05, 3.63) is 22.4 Å². The number of aromatic nitrogens is 2. The zero-order valence-corrected chi connectivity index (χ0v) is 9.18. The first kappa shape index (κ1) is 14.0. The van der Waals surface area contributed by atoms with Crippen molar-refractivity contribution >= 4 is 11.7 Å². The van der Waals surface area contributed by atoms with E-state index in [9.17, 15) is 23.7 Å². The molecule has 0 saturated heterocycles. The number of alkyl halides is 2. The molecule has 1 rings (SSSR count). The van der Waals surface area contributed by atoms with E-state index in [0.29, 0.717) is 0 Å². The van der Waals surface area contributed by atoms with Crippen molar-refractivity contribution in [1.82, 2.24) is 15.1 Å². The van der Waals surface area contributed by atoms with Gasteiger partial charge < -0.3 is 21.2 Å². The lowest BCUT2D eigenvalue weighted by Crippen LogP contribution is -2.42. The Morgan fingerprint density at radius 1 is 1.67 bits per heavy atom. The molecule has 0 atom stereocenters. The lowest BCUT2D eigenvalue weighted by Gasteiger charge is -2.13. The molecule has 1 aromatic heterocycles. The summed E-state index contributed by atoms with van der Waals surface area (Å²) in [6.07, 6.45) is 1.21. The molecular weight excluding hydrogens is 252 g/mol. The zero-order chi connectivity index (χ0) is 13.8. The molecule has 0 unspecified atom stereocenters. The highest BCUT2D eigenvalue weighted by Crippen LogP contribution is 2.08. The van der Waals surface area contributed by atoms with Gasteiger partial charge in [-0.1, -0.05) is 0 Å².